The van der Waals surface area contributed by atoms with Crippen molar-refractivity contribution in [3.8, 4) is 0 Å². The third kappa shape index (κ3) is 11.8. The fourth-order valence-corrected chi connectivity index (χ4v) is 3.99. The van der Waals surface area contributed by atoms with Gasteiger partial charge in [0.05, 0.1) is 5.75 Å². The van der Waals surface area contributed by atoms with Crippen molar-refractivity contribution < 1.29 is 18.3 Å². The Bertz CT molecular complexity index is 426. The van der Waals surface area contributed by atoms with Crippen molar-refractivity contribution in [2.45, 2.75) is 95.4 Å². The van der Waals surface area contributed by atoms with Crippen LogP contribution in [0.15, 0.2) is 0 Å². The maximum atomic E-state index is 12.0. The van der Waals surface area contributed by atoms with Crippen molar-refractivity contribution in [1.82, 2.24) is 0 Å². The molecule has 0 heterocycles. The fraction of sp³-hybridized carbons (Fsp3) is 0.941. The lowest BCUT2D eigenvalue weighted by atomic mass is 10.1. The Morgan fingerprint density at radius 1 is 0.875 bits per heavy atom. The van der Waals surface area contributed by atoms with Crippen molar-refractivity contribution >= 4 is 15.8 Å². The summed E-state index contributed by atoms with van der Waals surface area (Å²) in [6.45, 7) is 2.21. The molecule has 0 aliphatic rings. The first kappa shape index (κ1) is 23.3. The van der Waals surface area contributed by atoms with Gasteiger partial charge in [-0.1, -0.05) is 64.7 Å². The highest BCUT2D eigenvalue weighted by molar-refractivity contribution is 7.91. The molecule has 0 aliphatic heterocycles. The second-order valence-corrected chi connectivity index (χ2v) is 8.95. The summed E-state index contributed by atoms with van der Waals surface area (Å²) < 4.78 is 24.1. The van der Waals surface area contributed by atoms with Crippen molar-refractivity contribution in [2.75, 3.05) is 5.75 Å². The van der Waals surface area contributed by atoms with Gasteiger partial charge in [-0.3, -0.25) is 4.79 Å². The summed E-state index contributed by atoms with van der Waals surface area (Å²) in [7, 11) is -3.36. The summed E-state index contributed by atoms with van der Waals surface area (Å²) in [6, 6.07) is -1.05. The third-order valence-corrected chi connectivity index (χ3v) is 6.34. The zero-order valence-corrected chi connectivity index (χ0v) is 15.9. The molecular weight excluding hydrogens is 328 g/mol. The predicted molar refractivity (Wildman–Crippen MR) is 98.5 cm³/mol. The monoisotopic (exact) mass is 364 g/mol. The average Bonchev–Trinajstić information content (AvgIpc) is 2.53. The van der Waals surface area contributed by atoms with Crippen LogP contribution in [0.5, 0.6) is 0 Å². The van der Waals surface area contributed by atoms with Gasteiger partial charge in [0.1, 0.15) is 11.4 Å². The molecular formula is C17H36N2O4S. The molecule has 0 aliphatic carbocycles. The summed E-state index contributed by atoms with van der Waals surface area (Å²) in [5.41, 5.74) is 11.0. The molecule has 0 saturated carbocycles. The van der Waals surface area contributed by atoms with Gasteiger partial charge in [-0.25, -0.2) is 8.42 Å². The molecule has 5 N–H and O–H groups in total. The van der Waals surface area contributed by atoms with Crippen LogP contribution in [-0.2, 0) is 14.6 Å². The van der Waals surface area contributed by atoms with Crippen LogP contribution in [0.4, 0.5) is 0 Å². The highest BCUT2D eigenvalue weighted by Crippen LogP contribution is 2.13. The van der Waals surface area contributed by atoms with Crippen LogP contribution in [0.2, 0.25) is 0 Å². The van der Waals surface area contributed by atoms with Crippen LogP contribution in [-0.4, -0.2) is 36.7 Å². The summed E-state index contributed by atoms with van der Waals surface area (Å²) >= 11 is 0. The van der Waals surface area contributed by atoms with Gasteiger partial charge in [-0.05, 0) is 19.3 Å². The Morgan fingerprint density at radius 2 is 1.33 bits per heavy atom. The summed E-state index contributed by atoms with van der Waals surface area (Å²) in [5.74, 6) is -1.05. The van der Waals surface area contributed by atoms with Gasteiger partial charge in [0, 0.05) is 0 Å². The number of carboxylic acids is 1. The Labute approximate surface area is 147 Å². The van der Waals surface area contributed by atoms with E-state index in [0.717, 1.165) is 19.3 Å². The molecule has 24 heavy (non-hydrogen) atoms. The maximum Gasteiger partial charge on any atom is 0.320 e. The number of sulfone groups is 1. The maximum absolute atomic E-state index is 12.0. The van der Waals surface area contributed by atoms with E-state index in [0.29, 0.717) is 6.42 Å². The van der Waals surface area contributed by atoms with Crippen LogP contribution < -0.4 is 11.5 Å². The quantitative estimate of drug-likeness (QED) is 0.362. The Kier molecular flexibility index (Phi) is 13.2. The first-order chi connectivity index (χ1) is 11.3. The van der Waals surface area contributed by atoms with Crippen LogP contribution in [0.1, 0.15) is 84.0 Å². The first-order valence-electron chi connectivity index (χ1n) is 9.26. The summed E-state index contributed by atoms with van der Waals surface area (Å²) in [6.07, 6.45) is 11.6. The molecule has 0 aromatic heterocycles. The Hall–Kier alpha value is -0.660. The number of rotatable bonds is 16. The van der Waals surface area contributed by atoms with Crippen LogP contribution in [0.3, 0.4) is 0 Å². The van der Waals surface area contributed by atoms with E-state index in [1.54, 1.807) is 0 Å². The number of carboxylic acid groups (broad SMARTS) is 1. The average molecular weight is 365 g/mol. The second-order valence-electron chi connectivity index (χ2n) is 6.61. The van der Waals surface area contributed by atoms with Gasteiger partial charge in [-0.2, -0.15) is 0 Å². The molecule has 7 heteroatoms. The molecule has 0 rings (SSSR count). The van der Waals surface area contributed by atoms with Gasteiger partial charge < -0.3 is 16.6 Å². The second kappa shape index (κ2) is 13.6. The molecule has 0 aromatic rings. The number of hydrogen-bond donors (Lipinski definition) is 3. The molecule has 0 aromatic carbocycles. The van der Waals surface area contributed by atoms with Gasteiger partial charge in [0.15, 0.2) is 9.84 Å². The van der Waals surface area contributed by atoms with Crippen LogP contribution in [0, 0.1) is 0 Å². The zero-order chi connectivity index (χ0) is 18.4. The molecule has 0 amide bonds. The summed E-state index contributed by atoms with van der Waals surface area (Å²) in [5, 5.41) is 7.67. The van der Waals surface area contributed by atoms with Gasteiger partial charge >= 0.3 is 5.97 Å². The molecule has 0 radical (unpaired) electrons. The lowest BCUT2D eigenvalue weighted by molar-refractivity contribution is -0.138. The summed E-state index contributed by atoms with van der Waals surface area (Å²) in [4.78, 5) is 10.6. The minimum absolute atomic E-state index is 0.0764. The lowest BCUT2D eigenvalue weighted by Gasteiger charge is -2.14. The number of nitrogens with two attached hydrogens (primary N) is 2. The van der Waals surface area contributed by atoms with E-state index in [-0.39, 0.29) is 18.6 Å². The van der Waals surface area contributed by atoms with Gasteiger partial charge in [0.25, 0.3) is 0 Å². The van der Waals surface area contributed by atoms with E-state index in [2.05, 4.69) is 6.92 Å². The number of aliphatic carboxylic acids is 1. The van der Waals surface area contributed by atoms with Crippen molar-refractivity contribution in [2.24, 2.45) is 11.5 Å². The SMILES string of the molecule is CCCCCCCCCCCCS(=O)(=O)C(N)CC[C@H](N)C(=O)O. The minimum Gasteiger partial charge on any atom is -0.480 e. The van der Waals surface area contributed by atoms with Crippen molar-refractivity contribution in [3.05, 3.63) is 0 Å². The zero-order valence-electron chi connectivity index (χ0n) is 15.1. The molecule has 0 saturated heterocycles. The standard InChI is InChI=1S/C17H36N2O4S/c1-2-3-4-5-6-7-8-9-10-11-14-24(22,23)16(19)13-12-15(18)17(20)21/h15-16H,2-14,18-19H2,1H3,(H,20,21)/t15-,16?/m0/s1. The van der Waals surface area contributed by atoms with Crippen molar-refractivity contribution in [1.29, 1.82) is 0 Å². The molecule has 1 unspecified atom stereocenters. The number of unbranched alkanes of at least 4 members (excludes halogenated alkanes) is 9. The van der Waals surface area contributed by atoms with E-state index < -0.39 is 27.2 Å². The highest BCUT2D eigenvalue weighted by atomic mass is 32.2. The normalized spacial score (nSPS) is 14.5. The topological polar surface area (TPSA) is 123 Å². The van der Waals surface area contributed by atoms with Crippen LogP contribution >= 0.6 is 0 Å². The van der Waals surface area contributed by atoms with Crippen molar-refractivity contribution in [3.63, 3.8) is 0 Å². The van der Waals surface area contributed by atoms with E-state index in [9.17, 15) is 13.2 Å². The molecule has 6 nitrogen and oxygen atoms in total. The minimum atomic E-state index is -3.36. The first-order valence-corrected chi connectivity index (χ1v) is 11.0. The molecule has 0 bridgehead atoms. The Balaban J connectivity index is 3.71. The lowest BCUT2D eigenvalue weighted by Crippen LogP contribution is -2.37. The molecule has 2 atom stereocenters. The molecule has 0 fully saturated rings. The van der Waals surface area contributed by atoms with Crippen LogP contribution in [0.25, 0.3) is 0 Å². The fourth-order valence-electron chi connectivity index (χ4n) is 2.59. The van der Waals surface area contributed by atoms with E-state index in [1.165, 1.54) is 38.5 Å². The van der Waals surface area contributed by atoms with E-state index in [1.807, 2.05) is 0 Å². The highest BCUT2D eigenvalue weighted by Gasteiger charge is 2.23. The number of carbonyl (C=O) groups is 1. The molecule has 144 valence electrons. The number of hydrogen-bond acceptors (Lipinski definition) is 5. The van der Waals surface area contributed by atoms with Gasteiger partial charge in [0.2, 0.25) is 0 Å². The largest absolute Gasteiger partial charge is 0.480 e. The molecule has 0 spiro atoms. The smallest absolute Gasteiger partial charge is 0.320 e. The van der Waals surface area contributed by atoms with E-state index >= 15 is 0 Å². The van der Waals surface area contributed by atoms with Gasteiger partial charge in [-0.15, -0.1) is 0 Å². The predicted octanol–water partition coefficient (Wildman–Crippen LogP) is 2.80. The third-order valence-electron chi connectivity index (χ3n) is 4.32. The Morgan fingerprint density at radius 3 is 1.79 bits per heavy atom. The van der Waals surface area contributed by atoms with E-state index in [4.69, 9.17) is 16.6 Å².